The molecule has 1 N–H and O–H groups in total. The van der Waals surface area contributed by atoms with Gasteiger partial charge in [0.1, 0.15) is 5.82 Å². The van der Waals surface area contributed by atoms with E-state index in [1.165, 1.54) is 4.31 Å². The molecule has 2 fully saturated rings. The topological polar surface area (TPSA) is 103 Å². The van der Waals surface area contributed by atoms with Crippen LogP contribution in [0.1, 0.15) is 18.4 Å². The Morgan fingerprint density at radius 2 is 1.82 bits per heavy atom. The molecule has 2 aliphatic rings. The van der Waals surface area contributed by atoms with E-state index in [-0.39, 0.29) is 30.5 Å². The summed E-state index contributed by atoms with van der Waals surface area (Å²) in [6.07, 6.45) is 2.23. The number of piperazine rings is 1. The fourth-order valence-electron chi connectivity index (χ4n) is 4.46. The number of para-hydroxylation sites is 1. The Hall–Kier alpha value is -2.98. The number of anilines is 2. The van der Waals surface area contributed by atoms with Crippen LogP contribution < -0.4 is 15.1 Å². The van der Waals surface area contributed by atoms with Gasteiger partial charge in [0.2, 0.25) is 21.8 Å². The molecule has 4 rings (SSSR count). The number of hydrogen-bond acceptors (Lipinski definition) is 6. The van der Waals surface area contributed by atoms with Crippen molar-refractivity contribution < 1.29 is 18.0 Å². The van der Waals surface area contributed by atoms with Crippen LogP contribution in [0.2, 0.25) is 0 Å². The number of aromatic nitrogens is 1. The lowest BCUT2D eigenvalue weighted by Gasteiger charge is -2.34. The lowest BCUT2D eigenvalue weighted by molar-refractivity contribution is -0.126. The zero-order chi connectivity index (χ0) is 24.1. The molecule has 2 aromatic rings. The van der Waals surface area contributed by atoms with Crippen LogP contribution in [0.3, 0.4) is 0 Å². The number of amides is 2. The fourth-order valence-corrected chi connectivity index (χ4v) is 5.95. The van der Waals surface area contributed by atoms with Crippen LogP contribution in [0, 0.1) is 12.8 Å². The van der Waals surface area contributed by atoms with Gasteiger partial charge < -0.3 is 15.1 Å². The standard InChI is InChI=1S/C24H31N5O4S/c1-19-7-2-3-8-21(19)29-18-20(17-23(29)30)24(31)26-11-6-16-34(32,33)28-14-12-27(13-15-28)22-9-4-5-10-25-22/h2-5,7-10,20H,6,11-18H2,1H3,(H,26,31). The second-order valence-corrected chi connectivity index (χ2v) is 10.8. The molecule has 182 valence electrons. The number of hydrogen-bond donors (Lipinski definition) is 1. The first kappa shape index (κ1) is 24.2. The van der Waals surface area contributed by atoms with Gasteiger partial charge in [0.25, 0.3) is 0 Å². The summed E-state index contributed by atoms with van der Waals surface area (Å²) in [5.41, 5.74) is 1.82. The van der Waals surface area contributed by atoms with Gasteiger partial charge in [-0.2, -0.15) is 4.31 Å². The van der Waals surface area contributed by atoms with Crippen LogP contribution >= 0.6 is 0 Å². The maximum Gasteiger partial charge on any atom is 0.227 e. The molecule has 34 heavy (non-hydrogen) atoms. The first-order chi connectivity index (χ1) is 16.3. The molecule has 1 atom stereocenters. The van der Waals surface area contributed by atoms with Gasteiger partial charge in [-0.25, -0.2) is 13.4 Å². The molecule has 2 saturated heterocycles. The van der Waals surface area contributed by atoms with E-state index in [9.17, 15) is 18.0 Å². The van der Waals surface area contributed by atoms with Crippen molar-refractivity contribution in [2.75, 3.05) is 54.8 Å². The van der Waals surface area contributed by atoms with Crippen molar-refractivity contribution in [1.29, 1.82) is 0 Å². The second kappa shape index (κ2) is 10.5. The Kier molecular flexibility index (Phi) is 7.47. The summed E-state index contributed by atoms with van der Waals surface area (Å²) >= 11 is 0. The molecular weight excluding hydrogens is 454 g/mol. The van der Waals surface area contributed by atoms with Gasteiger partial charge in [-0.05, 0) is 37.1 Å². The molecule has 0 aliphatic carbocycles. The monoisotopic (exact) mass is 485 g/mol. The lowest BCUT2D eigenvalue weighted by atomic mass is 10.1. The molecule has 0 bridgehead atoms. The molecule has 0 saturated carbocycles. The van der Waals surface area contributed by atoms with Gasteiger partial charge in [0, 0.05) is 57.6 Å². The summed E-state index contributed by atoms with van der Waals surface area (Å²) in [5, 5.41) is 2.82. The van der Waals surface area contributed by atoms with Gasteiger partial charge in [-0.15, -0.1) is 0 Å². The number of aryl methyl sites for hydroxylation is 1. The maximum absolute atomic E-state index is 12.7. The van der Waals surface area contributed by atoms with Gasteiger partial charge >= 0.3 is 0 Å². The summed E-state index contributed by atoms with van der Waals surface area (Å²) in [4.78, 5) is 33.1. The van der Waals surface area contributed by atoms with E-state index in [4.69, 9.17) is 0 Å². The normalized spacial score (nSPS) is 19.4. The van der Waals surface area contributed by atoms with E-state index in [0.717, 1.165) is 17.1 Å². The number of nitrogens with zero attached hydrogens (tertiary/aromatic N) is 4. The Balaban J connectivity index is 1.20. The Morgan fingerprint density at radius 1 is 1.09 bits per heavy atom. The molecule has 1 aromatic heterocycles. The van der Waals surface area contributed by atoms with Crippen molar-refractivity contribution in [1.82, 2.24) is 14.6 Å². The molecule has 2 amide bonds. The van der Waals surface area contributed by atoms with E-state index >= 15 is 0 Å². The fraction of sp³-hybridized carbons (Fsp3) is 0.458. The maximum atomic E-state index is 12.7. The van der Waals surface area contributed by atoms with Crippen molar-refractivity contribution in [3.8, 4) is 0 Å². The highest BCUT2D eigenvalue weighted by atomic mass is 32.2. The smallest absolute Gasteiger partial charge is 0.227 e. The number of benzene rings is 1. The number of carbonyl (C=O) groups excluding carboxylic acids is 2. The van der Waals surface area contributed by atoms with E-state index in [2.05, 4.69) is 15.2 Å². The number of nitrogens with one attached hydrogen (secondary N) is 1. The van der Waals surface area contributed by atoms with E-state index in [1.54, 1.807) is 11.1 Å². The third kappa shape index (κ3) is 5.56. The molecule has 3 heterocycles. The molecule has 1 aromatic carbocycles. The number of carbonyl (C=O) groups is 2. The number of rotatable bonds is 8. The second-order valence-electron chi connectivity index (χ2n) is 8.73. The molecule has 0 radical (unpaired) electrons. The minimum atomic E-state index is -3.39. The Labute approximate surface area is 200 Å². The van der Waals surface area contributed by atoms with Gasteiger partial charge in [0.05, 0.1) is 11.7 Å². The summed E-state index contributed by atoms with van der Waals surface area (Å²) in [6, 6.07) is 13.3. The van der Waals surface area contributed by atoms with Crippen molar-refractivity contribution in [2.24, 2.45) is 5.92 Å². The Bertz CT molecular complexity index is 1120. The van der Waals surface area contributed by atoms with Crippen LogP contribution in [0.4, 0.5) is 11.5 Å². The van der Waals surface area contributed by atoms with Crippen molar-refractivity contribution in [3.63, 3.8) is 0 Å². The van der Waals surface area contributed by atoms with Crippen molar-refractivity contribution >= 4 is 33.3 Å². The molecule has 2 aliphatic heterocycles. The van der Waals surface area contributed by atoms with E-state index in [1.807, 2.05) is 49.4 Å². The lowest BCUT2D eigenvalue weighted by Crippen LogP contribution is -2.49. The molecule has 1 unspecified atom stereocenters. The summed E-state index contributed by atoms with van der Waals surface area (Å²) in [5.74, 6) is 0.139. The minimum Gasteiger partial charge on any atom is -0.356 e. The molecule has 10 heteroatoms. The first-order valence-electron chi connectivity index (χ1n) is 11.6. The van der Waals surface area contributed by atoms with E-state index in [0.29, 0.717) is 39.1 Å². The van der Waals surface area contributed by atoms with Gasteiger partial charge in [-0.3, -0.25) is 9.59 Å². The summed E-state index contributed by atoms with van der Waals surface area (Å²) in [7, 11) is -3.39. The van der Waals surface area contributed by atoms with Crippen LogP contribution in [0.5, 0.6) is 0 Å². The number of sulfonamides is 1. The van der Waals surface area contributed by atoms with Gasteiger partial charge in [0.15, 0.2) is 0 Å². The third-order valence-corrected chi connectivity index (χ3v) is 8.34. The van der Waals surface area contributed by atoms with Crippen LogP contribution in [0.15, 0.2) is 48.7 Å². The first-order valence-corrected chi connectivity index (χ1v) is 13.2. The summed E-state index contributed by atoms with van der Waals surface area (Å²) in [6.45, 7) is 4.58. The highest BCUT2D eigenvalue weighted by molar-refractivity contribution is 7.89. The predicted octanol–water partition coefficient (Wildman–Crippen LogP) is 1.40. The van der Waals surface area contributed by atoms with E-state index < -0.39 is 15.9 Å². The highest BCUT2D eigenvalue weighted by Crippen LogP contribution is 2.27. The minimum absolute atomic E-state index is 0.0181. The van der Waals surface area contributed by atoms with Gasteiger partial charge in [-0.1, -0.05) is 24.3 Å². The molecular formula is C24H31N5O4S. The van der Waals surface area contributed by atoms with Crippen LogP contribution in [-0.2, 0) is 19.6 Å². The average molecular weight is 486 g/mol. The Morgan fingerprint density at radius 3 is 2.53 bits per heavy atom. The quantitative estimate of drug-likeness (QED) is 0.567. The molecule has 0 spiro atoms. The predicted molar refractivity (Wildman–Crippen MR) is 131 cm³/mol. The highest BCUT2D eigenvalue weighted by Gasteiger charge is 2.35. The average Bonchev–Trinajstić information content (AvgIpc) is 3.24. The zero-order valence-electron chi connectivity index (χ0n) is 19.4. The van der Waals surface area contributed by atoms with Crippen LogP contribution in [0.25, 0.3) is 0 Å². The number of pyridine rings is 1. The largest absolute Gasteiger partial charge is 0.356 e. The van der Waals surface area contributed by atoms with Crippen molar-refractivity contribution in [3.05, 3.63) is 54.2 Å². The molecule has 9 nitrogen and oxygen atoms in total. The SMILES string of the molecule is Cc1ccccc1N1CC(C(=O)NCCCS(=O)(=O)N2CCN(c3ccccn3)CC2)CC1=O. The van der Waals surface area contributed by atoms with Crippen molar-refractivity contribution in [2.45, 2.75) is 19.8 Å². The summed E-state index contributed by atoms with van der Waals surface area (Å²) < 4.78 is 27.0. The zero-order valence-corrected chi connectivity index (χ0v) is 20.2. The third-order valence-electron chi connectivity index (χ3n) is 6.39. The van der Waals surface area contributed by atoms with Crippen LogP contribution in [-0.4, -0.2) is 74.5 Å².